The summed E-state index contributed by atoms with van der Waals surface area (Å²) >= 11 is 3.32. The van der Waals surface area contributed by atoms with E-state index in [0.717, 1.165) is 10.2 Å². The molecular weight excluding hydrogens is 256 g/mol. The van der Waals surface area contributed by atoms with Gasteiger partial charge in [0, 0.05) is 17.1 Å². The van der Waals surface area contributed by atoms with Crippen molar-refractivity contribution in [3.8, 4) is 6.07 Å². The van der Waals surface area contributed by atoms with E-state index < -0.39 is 0 Å². The Morgan fingerprint density at radius 2 is 2.33 bits per heavy atom. The molecule has 0 saturated carbocycles. The number of aliphatic hydroxyl groups is 1. The number of aliphatic hydroxyl groups excluding tert-OH is 1. The molecule has 0 amide bonds. The lowest BCUT2D eigenvalue weighted by molar-refractivity contribution is 0.282. The molecule has 0 aliphatic carbocycles. The second-order valence-electron chi connectivity index (χ2n) is 3.36. The summed E-state index contributed by atoms with van der Waals surface area (Å²) in [7, 11) is 0. The Balaban J connectivity index is 2.81. The van der Waals surface area contributed by atoms with Crippen molar-refractivity contribution in [2.24, 2.45) is 0 Å². The zero-order valence-electron chi connectivity index (χ0n) is 8.50. The quantitative estimate of drug-likeness (QED) is 0.883. The van der Waals surface area contributed by atoms with Crippen LogP contribution in [0.5, 0.6) is 0 Å². The largest absolute Gasteiger partial charge is 0.396 e. The van der Waals surface area contributed by atoms with Gasteiger partial charge in [0.25, 0.3) is 0 Å². The van der Waals surface area contributed by atoms with Crippen LogP contribution in [0.2, 0.25) is 0 Å². The molecule has 2 N–H and O–H groups in total. The van der Waals surface area contributed by atoms with Crippen LogP contribution in [0.25, 0.3) is 0 Å². The van der Waals surface area contributed by atoms with Crippen LogP contribution < -0.4 is 5.32 Å². The SMILES string of the molecule is CC(CCO)Nc1ccc(Br)cc1C#N. The van der Waals surface area contributed by atoms with Crippen molar-refractivity contribution in [2.75, 3.05) is 11.9 Å². The molecule has 0 aliphatic heterocycles. The van der Waals surface area contributed by atoms with Gasteiger partial charge in [0.2, 0.25) is 0 Å². The predicted octanol–water partition coefficient (Wildman–Crippen LogP) is 2.50. The molecule has 1 aromatic rings. The van der Waals surface area contributed by atoms with E-state index in [4.69, 9.17) is 10.4 Å². The summed E-state index contributed by atoms with van der Waals surface area (Å²) in [6, 6.07) is 7.80. The van der Waals surface area contributed by atoms with Gasteiger partial charge in [-0.1, -0.05) is 15.9 Å². The molecule has 80 valence electrons. The Morgan fingerprint density at radius 3 is 2.93 bits per heavy atom. The van der Waals surface area contributed by atoms with Crippen molar-refractivity contribution in [3.05, 3.63) is 28.2 Å². The van der Waals surface area contributed by atoms with Crippen LogP contribution in [-0.2, 0) is 0 Å². The topological polar surface area (TPSA) is 56.0 Å². The molecule has 1 rings (SSSR count). The van der Waals surface area contributed by atoms with Crippen molar-refractivity contribution in [1.82, 2.24) is 0 Å². The van der Waals surface area contributed by atoms with E-state index in [2.05, 4.69) is 27.3 Å². The first kappa shape index (κ1) is 12.0. The average molecular weight is 269 g/mol. The molecule has 0 bridgehead atoms. The molecule has 4 heteroatoms. The highest BCUT2D eigenvalue weighted by Gasteiger charge is 2.06. The van der Waals surface area contributed by atoms with Crippen LogP contribution in [0, 0.1) is 11.3 Å². The Bertz CT molecular complexity index is 373. The average Bonchev–Trinajstić information content (AvgIpc) is 2.21. The number of hydrogen-bond donors (Lipinski definition) is 2. The number of rotatable bonds is 4. The van der Waals surface area contributed by atoms with Crippen LogP contribution in [-0.4, -0.2) is 17.8 Å². The van der Waals surface area contributed by atoms with E-state index in [9.17, 15) is 0 Å². The number of nitriles is 1. The van der Waals surface area contributed by atoms with E-state index in [1.165, 1.54) is 0 Å². The monoisotopic (exact) mass is 268 g/mol. The van der Waals surface area contributed by atoms with E-state index in [-0.39, 0.29) is 12.6 Å². The molecule has 0 aliphatic rings. The van der Waals surface area contributed by atoms with Crippen LogP contribution in [0.3, 0.4) is 0 Å². The lowest BCUT2D eigenvalue weighted by atomic mass is 10.1. The number of benzene rings is 1. The molecule has 0 fully saturated rings. The molecule has 0 spiro atoms. The third-order valence-corrected chi connectivity index (χ3v) is 2.56. The van der Waals surface area contributed by atoms with Gasteiger partial charge in [0.05, 0.1) is 11.3 Å². The Labute approximate surface area is 97.9 Å². The van der Waals surface area contributed by atoms with Crippen molar-refractivity contribution < 1.29 is 5.11 Å². The maximum Gasteiger partial charge on any atom is 0.101 e. The van der Waals surface area contributed by atoms with Crippen molar-refractivity contribution in [2.45, 2.75) is 19.4 Å². The molecule has 1 aromatic carbocycles. The number of anilines is 1. The highest BCUT2D eigenvalue weighted by Crippen LogP contribution is 2.21. The molecular formula is C11H13BrN2O. The van der Waals surface area contributed by atoms with Gasteiger partial charge in [0.15, 0.2) is 0 Å². The number of nitrogens with one attached hydrogen (secondary N) is 1. The molecule has 1 atom stereocenters. The van der Waals surface area contributed by atoms with Gasteiger partial charge in [-0.2, -0.15) is 5.26 Å². The van der Waals surface area contributed by atoms with Gasteiger partial charge in [-0.25, -0.2) is 0 Å². The van der Waals surface area contributed by atoms with Crippen molar-refractivity contribution >= 4 is 21.6 Å². The summed E-state index contributed by atoms with van der Waals surface area (Å²) in [6.45, 7) is 2.12. The Hall–Kier alpha value is -1.05. The van der Waals surface area contributed by atoms with Crippen LogP contribution in [0.15, 0.2) is 22.7 Å². The second kappa shape index (κ2) is 5.74. The minimum atomic E-state index is 0.145. The van der Waals surface area contributed by atoms with E-state index >= 15 is 0 Å². The summed E-state index contributed by atoms with van der Waals surface area (Å²) in [5, 5.41) is 20.9. The minimum Gasteiger partial charge on any atom is -0.396 e. The van der Waals surface area contributed by atoms with Crippen LogP contribution >= 0.6 is 15.9 Å². The van der Waals surface area contributed by atoms with Gasteiger partial charge in [-0.15, -0.1) is 0 Å². The molecule has 0 saturated heterocycles. The van der Waals surface area contributed by atoms with Gasteiger partial charge in [-0.05, 0) is 31.5 Å². The first-order valence-corrected chi connectivity index (χ1v) is 5.53. The summed E-state index contributed by atoms with van der Waals surface area (Å²) < 4.78 is 0.888. The molecule has 15 heavy (non-hydrogen) atoms. The molecule has 1 unspecified atom stereocenters. The third-order valence-electron chi connectivity index (χ3n) is 2.07. The lowest BCUT2D eigenvalue weighted by Crippen LogP contribution is -2.17. The standard InChI is InChI=1S/C11H13BrN2O/c1-8(4-5-15)14-11-3-2-10(12)6-9(11)7-13/h2-3,6,8,14-15H,4-5H2,1H3. The summed E-state index contributed by atoms with van der Waals surface area (Å²) in [6.07, 6.45) is 0.668. The Morgan fingerprint density at radius 1 is 1.60 bits per heavy atom. The zero-order chi connectivity index (χ0) is 11.3. The van der Waals surface area contributed by atoms with Crippen molar-refractivity contribution in [1.29, 1.82) is 5.26 Å². The van der Waals surface area contributed by atoms with Gasteiger partial charge in [0.1, 0.15) is 6.07 Å². The van der Waals surface area contributed by atoms with Gasteiger partial charge >= 0.3 is 0 Å². The summed E-state index contributed by atoms with van der Waals surface area (Å²) in [5.41, 5.74) is 1.41. The highest BCUT2D eigenvalue weighted by atomic mass is 79.9. The maximum absolute atomic E-state index is 8.93. The van der Waals surface area contributed by atoms with E-state index in [1.807, 2.05) is 19.1 Å². The normalized spacial score (nSPS) is 11.9. The Kier molecular flexibility index (Phi) is 4.60. The van der Waals surface area contributed by atoms with Gasteiger partial charge < -0.3 is 10.4 Å². The van der Waals surface area contributed by atoms with E-state index in [1.54, 1.807) is 6.07 Å². The molecule has 0 heterocycles. The third kappa shape index (κ3) is 3.54. The fourth-order valence-electron chi connectivity index (χ4n) is 1.27. The fourth-order valence-corrected chi connectivity index (χ4v) is 1.63. The fraction of sp³-hybridized carbons (Fsp3) is 0.364. The zero-order valence-corrected chi connectivity index (χ0v) is 10.1. The minimum absolute atomic E-state index is 0.145. The molecule has 3 nitrogen and oxygen atoms in total. The second-order valence-corrected chi connectivity index (χ2v) is 4.28. The number of hydrogen-bond acceptors (Lipinski definition) is 3. The van der Waals surface area contributed by atoms with Gasteiger partial charge in [-0.3, -0.25) is 0 Å². The first-order chi connectivity index (χ1) is 7.17. The van der Waals surface area contributed by atoms with Crippen LogP contribution in [0.4, 0.5) is 5.69 Å². The first-order valence-electron chi connectivity index (χ1n) is 4.74. The van der Waals surface area contributed by atoms with E-state index in [0.29, 0.717) is 12.0 Å². The van der Waals surface area contributed by atoms with Crippen LogP contribution in [0.1, 0.15) is 18.9 Å². The number of nitrogens with zero attached hydrogens (tertiary/aromatic N) is 1. The maximum atomic E-state index is 8.93. The van der Waals surface area contributed by atoms with Crippen molar-refractivity contribution in [3.63, 3.8) is 0 Å². The molecule has 0 aromatic heterocycles. The predicted molar refractivity (Wildman–Crippen MR) is 63.6 cm³/mol. The smallest absolute Gasteiger partial charge is 0.101 e. The number of halogens is 1. The summed E-state index contributed by atoms with van der Waals surface area (Å²) in [5.74, 6) is 0. The highest BCUT2D eigenvalue weighted by molar-refractivity contribution is 9.10. The molecule has 0 radical (unpaired) electrons. The summed E-state index contributed by atoms with van der Waals surface area (Å²) in [4.78, 5) is 0. The lowest BCUT2D eigenvalue weighted by Gasteiger charge is -2.15.